The highest BCUT2D eigenvalue weighted by molar-refractivity contribution is 14.1. The molecule has 1 unspecified atom stereocenters. The number of halogens is 3. The van der Waals surface area contributed by atoms with Gasteiger partial charge in [0, 0.05) is 19.2 Å². The van der Waals surface area contributed by atoms with E-state index in [1.165, 1.54) is 6.07 Å². The van der Waals surface area contributed by atoms with Crippen molar-refractivity contribution in [3.8, 4) is 6.07 Å². The summed E-state index contributed by atoms with van der Waals surface area (Å²) >= 11 is 14.0. The minimum absolute atomic E-state index is 0.268. The Morgan fingerprint density at radius 2 is 1.95 bits per heavy atom. The van der Waals surface area contributed by atoms with Gasteiger partial charge in [-0.05, 0) is 52.4 Å². The molecule has 1 atom stereocenters. The number of nitrogens with zero attached hydrogens (tertiary/aromatic N) is 1. The highest BCUT2D eigenvalue weighted by Gasteiger charge is 2.24. The number of hydrogen-bond acceptors (Lipinski definition) is 2. The SMILES string of the molecule is N#CC(C(=O)c1cccc(I)c1)c1ccc(Cl)cc1Cl. The Bertz CT molecular complexity index is 709. The van der Waals surface area contributed by atoms with E-state index in [0.29, 0.717) is 21.2 Å². The van der Waals surface area contributed by atoms with Crippen LogP contribution in [0.15, 0.2) is 42.5 Å². The van der Waals surface area contributed by atoms with Crippen LogP contribution in [0, 0.1) is 14.9 Å². The van der Waals surface area contributed by atoms with Gasteiger partial charge in [0.25, 0.3) is 0 Å². The maximum absolute atomic E-state index is 12.4. The first-order valence-corrected chi connectivity index (χ1v) is 7.50. The fourth-order valence-corrected chi connectivity index (χ4v) is 2.87. The number of hydrogen-bond donors (Lipinski definition) is 0. The van der Waals surface area contributed by atoms with E-state index < -0.39 is 5.92 Å². The van der Waals surface area contributed by atoms with Gasteiger partial charge in [-0.2, -0.15) is 5.26 Å². The molecule has 0 aliphatic rings. The third-order valence-electron chi connectivity index (χ3n) is 2.77. The second kappa shape index (κ2) is 6.57. The zero-order chi connectivity index (χ0) is 14.7. The van der Waals surface area contributed by atoms with Crippen LogP contribution in [-0.4, -0.2) is 5.78 Å². The number of rotatable bonds is 3. The van der Waals surface area contributed by atoms with E-state index in [-0.39, 0.29) is 5.78 Å². The second-order valence-corrected chi connectivity index (χ2v) is 6.19. The van der Waals surface area contributed by atoms with Crippen LogP contribution in [0.3, 0.4) is 0 Å². The molecule has 0 fully saturated rings. The van der Waals surface area contributed by atoms with Gasteiger partial charge in [-0.1, -0.05) is 41.4 Å². The average Bonchev–Trinajstić information content (AvgIpc) is 2.41. The fourth-order valence-electron chi connectivity index (χ4n) is 1.81. The van der Waals surface area contributed by atoms with Crippen LogP contribution >= 0.6 is 45.8 Å². The molecule has 0 aliphatic heterocycles. The van der Waals surface area contributed by atoms with Gasteiger partial charge in [0.2, 0.25) is 0 Å². The Morgan fingerprint density at radius 1 is 1.20 bits per heavy atom. The number of ketones is 1. The predicted octanol–water partition coefficient (Wildman–Crippen LogP) is 5.09. The highest BCUT2D eigenvalue weighted by Crippen LogP contribution is 2.29. The Kier molecular flexibility index (Phi) is 5.03. The Balaban J connectivity index is 2.43. The molecule has 0 radical (unpaired) electrons. The predicted molar refractivity (Wildman–Crippen MR) is 88.3 cm³/mol. The quantitative estimate of drug-likeness (QED) is 0.517. The molecule has 0 heterocycles. The van der Waals surface area contributed by atoms with Crippen LogP contribution < -0.4 is 0 Å². The molecular formula is C15H8Cl2INO. The van der Waals surface area contributed by atoms with Gasteiger partial charge in [-0.15, -0.1) is 0 Å². The van der Waals surface area contributed by atoms with Crippen molar-refractivity contribution in [2.75, 3.05) is 0 Å². The lowest BCUT2D eigenvalue weighted by Gasteiger charge is -2.11. The summed E-state index contributed by atoms with van der Waals surface area (Å²) in [5, 5.41) is 10.1. The second-order valence-electron chi connectivity index (χ2n) is 4.10. The molecule has 2 nitrogen and oxygen atoms in total. The lowest BCUT2D eigenvalue weighted by atomic mass is 9.92. The van der Waals surface area contributed by atoms with Crippen LogP contribution in [0.1, 0.15) is 21.8 Å². The van der Waals surface area contributed by atoms with E-state index in [4.69, 9.17) is 23.2 Å². The van der Waals surface area contributed by atoms with E-state index in [2.05, 4.69) is 22.6 Å². The minimum atomic E-state index is -0.932. The van der Waals surface area contributed by atoms with Crippen LogP contribution in [-0.2, 0) is 0 Å². The van der Waals surface area contributed by atoms with E-state index >= 15 is 0 Å². The largest absolute Gasteiger partial charge is 0.292 e. The minimum Gasteiger partial charge on any atom is -0.292 e. The van der Waals surface area contributed by atoms with E-state index in [0.717, 1.165) is 3.57 Å². The van der Waals surface area contributed by atoms with Gasteiger partial charge >= 0.3 is 0 Å². The smallest absolute Gasteiger partial charge is 0.184 e. The van der Waals surface area contributed by atoms with Crippen molar-refractivity contribution in [3.05, 3.63) is 67.2 Å². The molecule has 2 rings (SSSR count). The zero-order valence-corrected chi connectivity index (χ0v) is 13.8. The first-order valence-electron chi connectivity index (χ1n) is 5.67. The number of Topliss-reactive ketones (excluding diaryl/α,β-unsaturated/α-hetero) is 1. The summed E-state index contributed by atoms with van der Waals surface area (Å²) < 4.78 is 0.937. The molecule has 0 saturated carbocycles. The van der Waals surface area contributed by atoms with Crippen molar-refractivity contribution in [2.45, 2.75) is 5.92 Å². The Labute approximate surface area is 140 Å². The summed E-state index contributed by atoms with van der Waals surface area (Å²) in [6, 6.07) is 13.9. The van der Waals surface area contributed by atoms with Gasteiger partial charge in [0.05, 0.1) is 6.07 Å². The summed E-state index contributed by atoms with van der Waals surface area (Å²) in [5.41, 5.74) is 0.969. The third-order valence-corrected chi connectivity index (χ3v) is 4.01. The van der Waals surface area contributed by atoms with Crippen LogP contribution in [0.25, 0.3) is 0 Å². The molecule has 2 aromatic carbocycles. The number of carbonyl (C=O) groups is 1. The first kappa shape index (κ1) is 15.3. The van der Waals surface area contributed by atoms with Crippen LogP contribution in [0.4, 0.5) is 0 Å². The molecule has 0 aromatic heterocycles. The van der Waals surface area contributed by atoms with Crippen LogP contribution in [0.2, 0.25) is 10.0 Å². The highest BCUT2D eigenvalue weighted by atomic mass is 127. The monoisotopic (exact) mass is 415 g/mol. The summed E-state index contributed by atoms with van der Waals surface area (Å²) in [6.45, 7) is 0. The molecule has 0 saturated heterocycles. The summed E-state index contributed by atoms with van der Waals surface area (Å²) in [5.74, 6) is -1.20. The zero-order valence-electron chi connectivity index (χ0n) is 10.1. The molecule has 100 valence electrons. The molecule has 2 aromatic rings. The van der Waals surface area contributed by atoms with E-state index in [1.54, 1.807) is 30.3 Å². The molecule has 20 heavy (non-hydrogen) atoms. The van der Waals surface area contributed by atoms with Gasteiger partial charge in [-0.25, -0.2) is 0 Å². The van der Waals surface area contributed by atoms with Crippen molar-refractivity contribution in [3.63, 3.8) is 0 Å². The average molecular weight is 416 g/mol. The van der Waals surface area contributed by atoms with Crippen molar-refractivity contribution in [2.24, 2.45) is 0 Å². The molecule has 5 heteroatoms. The molecule has 0 N–H and O–H groups in total. The van der Waals surface area contributed by atoms with E-state index in [1.807, 2.05) is 12.1 Å². The maximum Gasteiger partial charge on any atom is 0.184 e. The molecule has 0 spiro atoms. The topological polar surface area (TPSA) is 40.9 Å². The van der Waals surface area contributed by atoms with Crippen molar-refractivity contribution in [1.82, 2.24) is 0 Å². The fraction of sp³-hybridized carbons (Fsp3) is 0.0667. The van der Waals surface area contributed by atoms with Crippen molar-refractivity contribution >= 4 is 51.6 Å². The van der Waals surface area contributed by atoms with E-state index in [9.17, 15) is 10.1 Å². The van der Waals surface area contributed by atoms with Gasteiger partial charge in [-0.3, -0.25) is 4.79 Å². The number of carbonyl (C=O) groups excluding carboxylic acids is 1. The van der Waals surface area contributed by atoms with Gasteiger partial charge in [0.1, 0.15) is 5.92 Å². The van der Waals surface area contributed by atoms with Crippen LogP contribution in [0.5, 0.6) is 0 Å². The third kappa shape index (κ3) is 3.32. The van der Waals surface area contributed by atoms with Crippen molar-refractivity contribution in [1.29, 1.82) is 5.26 Å². The summed E-state index contributed by atoms with van der Waals surface area (Å²) in [4.78, 5) is 12.4. The Morgan fingerprint density at radius 3 is 2.55 bits per heavy atom. The molecule has 0 bridgehead atoms. The normalized spacial score (nSPS) is 11.7. The van der Waals surface area contributed by atoms with Crippen molar-refractivity contribution < 1.29 is 4.79 Å². The standard InChI is InChI=1S/C15H8Cl2INO/c16-10-4-5-12(14(17)7-10)13(8-19)15(20)9-2-1-3-11(18)6-9/h1-7,13H. The lowest BCUT2D eigenvalue weighted by Crippen LogP contribution is -2.12. The van der Waals surface area contributed by atoms with Gasteiger partial charge in [0.15, 0.2) is 5.78 Å². The number of nitriles is 1. The number of benzene rings is 2. The Hall–Kier alpha value is -1.09. The maximum atomic E-state index is 12.4. The summed E-state index contributed by atoms with van der Waals surface area (Å²) in [7, 11) is 0. The molecule has 0 aliphatic carbocycles. The lowest BCUT2D eigenvalue weighted by molar-refractivity contribution is 0.0979. The summed E-state index contributed by atoms with van der Waals surface area (Å²) in [6.07, 6.45) is 0. The molecule has 0 amide bonds. The first-order chi connectivity index (χ1) is 9.52. The van der Waals surface area contributed by atoms with Gasteiger partial charge < -0.3 is 0 Å². The molecular weight excluding hydrogens is 408 g/mol.